The van der Waals surface area contributed by atoms with E-state index in [9.17, 15) is 0 Å². The van der Waals surface area contributed by atoms with Gasteiger partial charge in [0, 0.05) is 18.6 Å². The average Bonchev–Trinajstić information content (AvgIpc) is 2.37. The number of hydrogen-bond acceptors (Lipinski definition) is 4. The van der Waals surface area contributed by atoms with Crippen LogP contribution in [0, 0.1) is 0 Å². The van der Waals surface area contributed by atoms with Gasteiger partial charge in [-0.1, -0.05) is 6.92 Å². The van der Waals surface area contributed by atoms with Crippen molar-refractivity contribution in [2.75, 3.05) is 21.3 Å². The highest BCUT2D eigenvalue weighted by Gasteiger charge is 2.12. The summed E-state index contributed by atoms with van der Waals surface area (Å²) in [5.41, 5.74) is 6.50. The number of rotatable bonds is 6. The number of hydrogen-bond donors (Lipinski definition) is 1. The van der Waals surface area contributed by atoms with E-state index >= 15 is 0 Å². The van der Waals surface area contributed by atoms with Crippen molar-refractivity contribution in [2.45, 2.75) is 19.8 Å². The lowest BCUT2D eigenvalue weighted by atomic mass is 10.2. The molecule has 0 saturated heterocycles. The van der Waals surface area contributed by atoms with Crippen molar-refractivity contribution < 1.29 is 14.2 Å². The molecule has 1 aromatic carbocycles. The molecule has 100 valence electrons. The first-order valence-electron chi connectivity index (χ1n) is 5.79. The zero-order chi connectivity index (χ0) is 13.5. The molecule has 0 heterocycles. The van der Waals surface area contributed by atoms with Crippen LogP contribution >= 0.6 is 0 Å². The molecular formula is C13H20N2O3. The first-order valence-corrected chi connectivity index (χ1v) is 5.79. The molecule has 0 fully saturated rings. The molecule has 1 rings (SSSR count). The van der Waals surface area contributed by atoms with E-state index in [1.165, 1.54) is 0 Å². The van der Waals surface area contributed by atoms with Gasteiger partial charge in [-0.3, -0.25) is 0 Å². The Morgan fingerprint density at radius 1 is 1.11 bits per heavy atom. The van der Waals surface area contributed by atoms with Crippen LogP contribution in [0.3, 0.4) is 0 Å². The summed E-state index contributed by atoms with van der Waals surface area (Å²) in [7, 11) is 4.70. The smallest absolute Gasteiger partial charge is 0.203 e. The molecular weight excluding hydrogens is 232 g/mol. The largest absolute Gasteiger partial charge is 0.493 e. The lowest BCUT2D eigenvalue weighted by Gasteiger charge is -2.12. The number of methoxy groups -OCH3 is 3. The molecule has 0 aliphatic heterocycles. The zero-order valence-electron chi connectivity index (χ0n) is 11.3. The Morgan fingerprint density at radius 3 is 2.06 bits per heavy atom. The summed E-state index contributed by atoms with van der Waals surface area (Å²) in [5, 5.41) is 0. The van der Waals surface area contributed by atoms with Gasteiger partial charge in [-0.05, 0) is 6.42 Å². The van der Waals surface area contributed by atoms with Gasteiger partial charge in [-0.25, -0.2) is 4.99 Å². The number of ether oxygens (including phenoxy) is 3. The van der Waals surface area contributed by atoms with Crippen molar-refractivity contribution in [1.82, 2.24) is 0 Å². The van der Waals surface area contributed by atoms with Gasteiger partial charge >= 0.3 is 0 Å². The van der Waals surface area contributed by atoms with Crippen LogP contribution < -0.4 is 19.9 Å². The Hall–Kier alpha value is -1.91. The monoisotopic (exact) mass is 252 g/mol. The van der Waals surface area contributed by atoms with Gasteiger partial charge in [0.1, 0.15) is 0 Å². The minimum atomic E-state index is 0.549. The zero-order valence-corrected chi connectivity index (χ0v) is 11.3. The molecule has 2 N–H and O–H groups in total. The average molecular weight is 252 g/mol. The summed E-state index contributed by atoms with van der Waals surface area (Å²) in [4.78, 5) is 4.32. The third kappa shape index (κ3) is 3.29. The van der Waals surface area contributed by atoms with Crippen LogP contribution in [-0.2, 0) is 0 Å². The van der Waals surface area contributed by atoms with Gasteiger partial charge < -0.3 is 19.9 Å². The quantitative estimate of drug-likeness (QED) is 0.624. The Labute approximate surface area is 108 Å². The molecule has 0 saturated carbocycles. The van der Waals surface area contributed by atoms with Gasteiger partial charge in [0.2, 0.25) is 5.75 Å². The molecule has 0 bridgehead atoms. The lowest BCUT2D eigenvalue weighted by molar-refractivity contribution is 0.324. The SMILES string of the molecule is CCCC(N)=Nc1cc(OC)c(OC)c(OC)c1. The second-order valence-electron chi connectivity index (χ2n) is 3.74. The molecule has 1 aromatic rings. The number of amidine groups is 1. The predicted molar refractivity (Wildman–Crippen MR) is 72.3 cm³/mol. The summed E-state index contributed by atoms with van der Waals surface area (Å²) in [6, 6.07) is 3.54. The fraction of sp³-hybridized carbons (Fsp3) is 0.462. The molecule has 0 unspecified atom stereocenters. The van der Waals surface area contributed by atoms with E-state index in [0.29, 0.717) is 28.8 Å². The van der Waals surface area contributed by atoms with E-state index in [2.05, 4.69) is 11.9 Å². The van der Waals surface area contributed by atoms with Crippen LogP contribution in [0.1, 0.15) is 19.8 Å². The highest BCUT2D eigenvalue weighted by molar-refractivity contribution is 5.83. The number of nitrogens with zero attached hydrogens (tertiary/aromatic N) is 1. The molecule has 0 aliphatic rings. The standard InChI is InChI=1S/C13H20N2O3/c1-5-6-12(14)15-9-7-10(16-2)13(18-4)11(8-9)17-3/h7-8H,5-6H2,1-4H3,(H2,14,15). The summed E-state index contributed by atoms with van der Waals surface area (Å²) in [6.07, 6.45) is 1.72. The van der Waals surface area contributed by atoms with E-state index in [0.717, 1.165) is 12.8 Å². The second kappa shape index (κ2) is 6.74. The Bertz CT molecular complexity index is 405. The molecule has 5 nitrogen and oxygen atoms in total. The Morgan fingerprint density at radius 2 is 1.67 bits per heavy atom. The van der Waals surface area contributed by atoms with Gasteiger partial charge in [0.15, 0.2) is 11.5 Å². The summed E-state index contributed by atoms with van der Waals surface area (Å²) < 4.78 is 15.7. The summed E-state index contributed by atoms with van der Waals surface area (Å²) in [5.74, 6) is 2.28. The van der Waals surface area contributed by atoms with Crippen molar-refractivity contribution in [2.24, 2.45) is 10.7 Å². The van der Waals surface area contributed by atoms with Crippen LogP contribution in [-0.4, -0.2) is 27.2 Å². The van der Waals surface area contributed by atoms with Crippen LogP contribution in [0.15, 0.2) is 17.1 Å². The highest BCUT2D eigenvalue weighted by atomic mass is 16.5. The van der Waals surface area contributed by atoms with Crippen molar-refractivity contribution in [1.29, 1.82) is 0 Å². The molecule has 0 spiro atoms. The van der Waals surface area contributed by atoms with Crippen LogP contribution in [0.25, 0.3) is 0 Å². The Balaban J connectivity index is 3.19. The fourth-order valence-electron chi connectivity index (χ4n) is 1.61. The summed E-state index contributed by atoms with van der Waals surface area (Å²) >= 11 is 0. The second-order valence-corrected chi connectivity index (χ2v) is 3.74. The maximum atomic E-state index is 5.81. The van der Waals surface area contributed by atoms with Gasteiger partial charge in [-0.2, -0.15) is 0 Å². The topological polar surface area (TPSA) is 66.1 Å². The third-order valence-electron chi connectivity index (χ3n) is 2.43. The van der Waals surface area contributed by atoms with Crippen LogP contribution in [0.4, 0.5) is 5.69 Å². The maximum absolute atomic E-state index is 5.81. The highest BCUT2D eigenvalue weighted by Crippen LogP contribution is 2.40. The minimum Gasteiger partial charge on any atom is -0.493 e. The third-order valence-corrected chi connectivity index (χ3v) is 2.43. The first-order chi connectivity index (χ1) is 8.65. The maximum Gasteiger partial charge on any atom is 0.203 e. The summed E-state index contributed by atoms with van der Waals surface area (Å²) in [6.45, 7) is 2.05. The predicted octanol–water partition coefficient (Wildman–Crippen LogP) is 2.50. The van der Waals surface area contributed by atoms with Gasteiger partial charge in [-0.15, -0.1) is 0 Å². The number of nitrogens with two attached hydrogens (primary N) is 1. The van der Waals surface area contributed by atoms with E-state index in [-0.39, 0.29) is 0 Å². The fourth-order valence-corrected chi connectivity index (χ4v) is 1.61. The number of aliphatic imine (C=N–C) groups is 1. The first kappa shape index (κ1) is 14.2. The van der Waals surface area contributed by atoms with Gasteiger partial charge in [0.25, 0.3) is 0 Å². The molecule has 0 amide bonds. The normalized spacial score (nSPS) is 11.2. The minimum absolute atomic E-state index is 0.549. The molecule has 0 aliphatic carbocycles. The van der Waals surface area contributed by atoms with Gasteiger partial charge in [0.05, 0.1) is 32.9 Å². The van der Waals surface area contributed by atoms with E-state index in [1.807, 2.05) is 0 Å². The van der Waals surface area contributed by atoms with Crippen molar-refractivity contribution in [3.63, 3.8) is 0 Å². The van der Waals surface area contributed by atoms with E-state index < -0.39 is 0 Å². The molecule has 0 radical (unpaired) electrons. The molecule has 18 heavy (non-hydrogen) atoms. The molecule has 0 aromatic heterocycles. The molecule has 5 heteroatoms. The van der Waals surface area contributed by atoms with E-state index in [4.69, 9.17) is 19.9 Å². The van der Waals surface area contributed by atoms with Crippen molar-refractivity contribution in [3.8, 4) is 17.2 Å². The van der Waals surface area contributed by atoms with Crippen molar-refractivity contribution in [3.05, 3.63) is 12.1 Å². The Kier molecular flexibility index (Phi) is 5.30. The molecule has 0 atom stereocenters. The van der Waals surface area contributed by atoms with Crippen LogP contribution in [0.2, 0.25) is 0 Å². The lowest BCUT2D eigenvalue weighted by Crippen LogP contribution is -2.09. The van der Waals surface area contributed by atoms with Crippen molar-refractivity contribution >= 4 is 11.5 Å². The van der Waals surface area contributed by atoms with E-state index in [1.54, 1.807) is 33.5 Å². The number of benzene rings is 1. The van der Waals surface area contributed by atoms with Crippen LogP contribution in [0.5, 0.6) is 17.2 Å².